The molecule has 0 aliphatic rings. The van der Waals surface area contributed by atoms with Crippen LogP contribution < -0.4 is 10.1 Å². The highest BCUT2D eigenvalue weighted by molar-refractivity contribution is 9.10. The first-order valence-electron chi connectivity index (χ1n) is 5.88. The molecule has 4 heteroatoms. The average Bonchev–Trinajstić information content (AvgIpc) is 2.86. The van der Waals surface area contributed by atoms with E-state index < -0.39 is 0 Å². The van der Waals surface area contributed by atoms with Gasteiger partial charge in [-0.25, -0.2) is 0 Å². The van der Waals surface area contributed by atoms with Gasteiger partial charge in [0, 0.05) is 22.4 Å². The van der Waals surface area contributed by atoms with Crippen molar-refractivity contribution >= 4 is 27.3 Å². The van der Waals surface area contributed by atoms with Gasteiger partial charge in [0.15, 0.2) is 0 Å². The van der Waals surface area contributed by atoms with Crippen LogP contribution in [0.25, 0.3) is 0 Å². The molecule has 0 spiro atoms. The molecule has 0 saturated heterocycles. The molecule has 96 valence electrons. The maximum absolute atomic E-state index is 5.75. The van der Waals surface area contributed by atoms with E-state index in [2.05, 4.69) is 51.7 Å². The molecule has 18 heavy (non-hydrogen) atoms. The third kappa shape index (κ3) is 4.12. The first-order chi connectivity index (χ1) is 8.75. The monoisotopic (exact) mass is 325 g/mol. The molecule has 2 rings (SSSR count). The molecule has 0 aliphatic heterocycles. The summed E-state index contributed by atoms with van der Waals surface area (Å²) in [6.45, 7) is 4.51. The Labute approximate surface area is 120 Å². The smallest absolute Gasteiger partial charge is 0.123 e. The number of thiophene rings is 1. The zero-order valence-electron chi connectivity index (χ0n) is 10.3. The zero-order valence-corrected chi connectivity index (χ0v) is 12.7. The van der Waals surface area contributed by atoms with E-state index in [1.165, 1.54) is 4.88 Å². The van der Waals surface area contributed by atoms with E-state index >= 15 is 0 Å². The Bertz CT molecular complexity index is 485. The third-order valence-corrected chi connectivity index (χ3v) is 3.94. The molecule has 0 saturated carbocycles. The summed E-state index contributed by atoms with van der Waals surface area (Å²) in [7, 11) is 0. The number of benzene rings is 1. The molecule has 0 fully saturated rings. The van der Waals surface area contributed by atoms with Gasteiger partial charge in [-0.2, -0.15) is 0 Å². The van der Waals surface area contributed by atoms with Crippen molar-refractivity contribution in [2.24, 2.45) is 0 Å². The van der Waals surface area contributed by atoms with Crippen molar-refractivity contribution in [1.82, 2.24) is 5.32 Å². The Hall–Kier alpha value is -0.840. The van der Waals surface area contributed by atoms with Gasteiger partial charge in [0.1, 0.15) is 12.4 Å². The lowest BCUT2D eigenvalue weighted by molar-refractivity contribution is 0.311. The standard InChI is InChI=1S/C14H16BrNOS/c1-11-4-5-12(15)9-14(11)17-7-6-16-10-13-3-2-8-18-13/h2-5,8-9,16H,6-7,10H2,1H3. The highest BCUT2D eigenvalue weighted by Crippen LogP contribution is 2.22. The summed E-state index contributed by atoms with van der Waals surface area (Å²) in [4.78, 5) is 1.36. The predicted octanol–water partition coefficient (Wildman–Crippen LogP) is 3.99. The van der Waals surface area contributed by atoms with Crippen LogP contribution in [-0.4, -0.2) is 13.2 Å². The molecular weight excluding hydrogens is 310 g/mol. The molecule has 0 atom stereocenters. The van der Waals surface area contributed by atoms with Gasteiger partial charge >= 0.3 is 0 Å². The fourth-order valence-electron chi connectivity index (χ4n) is 1.59. The molecule has 0 unspecified atom stereocenters. The molecule has 0 radical (unpaired) electrons. The van der Waals surface area contributed by atoms with Crippen LogP contribution in [-0.2, 0) is 6.54 Å². The number of halogens is 1. The SMILES string of the molecule is Cc1ccc(Br)cc1OCCNCc1cccs1. The van der Waals surface area contributed by atoms with E-state index in [0.717, 1.165) is 28.9 Å². The van der Waals surface area contributed by atoms with Crippen molar-refractivity contribution in [3.8, 4) is 5.75 Å². The number of ether oxygens (including phenoxy) is 1. The van der Waals surface area contributed by atoms with Crippen molar-refractivity contribution in [3.63, 3.8) is 0 Å². The summed E-state index contributed by atoms with van der Waals surface area (Å²) in [5, 5.41) is 5.46. The summed E-state index contributed by atoms with van der Waals surface area (Å²) in [6.07, 6.45) is 0. The molecule has 0 bridgehead atoms. The van der Waals surface area contributed by atoms with Crippen LogP contribution >= 0.6 is 27.3 Å². The minimum absolute atomic E-state index is 0.683. The number of nitrogens with one attached hydrogen (secondary N) is 1. The predicted molar refractivity (Wildman–Crippen MR) is 80.4 cm³/mol. The van der Waals surface area contributed by atoms with E-state index in [1.807, 2.05) is 12.1 Å². The summed E-state index contributed by atoms with van der Waals surface area (Å²) in [6, 6.07) is 10.3. The van der Waals surface area contributed by atoms with Gasteiger partial charge in [-0.05, 0) is 36.1 Å². The van der Waals surface area contributed by atoms with E-state index in [0.29, 0.717) is 6.61 Å². The van der Waals surface area contributed by atoms with Gasteiger partial charge in [-0.1, -0.05) is 28.1 Å². The second-order valence-electron chi connectivity index (χ2n) is 4.01. The van der Waals surface area contributed by atoms with Crippen LogP contribution in [0.5, 0.6) is 5.75 Å². The van der Waals surface area contributed by atoms with Crippen molar-refractivity contribution in [2.45, 2.75) is 13.5 Å². The Morgan fingerprint density at radius 1 is 1.33 bits per heavy atom. The lowest BCUT2D eigenvalue weighted by Crippen LogP contribution is -2.20. The van der Waals surface area contributed by atoms with Gasteiger partial charge in [-0.3, -0.25) is 0 Å². The summed E-state index contributed by atoms with van der Waals surface area (Å²) >= 11 is 5.22. The quantitative estimate of drug-likeness (QED) is 0.811. The molecule has 1 N–H and O–H groups in total. The van der Waals surface area contributed by atoms with Crippen molar-refractivity contribution < 1.29 is 4.74 Å². The Balaban J connectivity index is 1.70. The number of rotatable bonds is 6. The van der Waals surface area contributed by atoms with Gasteiger partial charge in [-0.15, -0.1) is 11.3 Å². The van der Waals surface area contributed by atoms with E-state index in [9.17, 15) is 0 Å². The number of hydrogen-bond donors (Lipinski definition) is 1. The summed E-state index contributed by atoms with van der Waals surface area (Å²) in [5.41, 5.74) is 1.16. The minimum atomic E-state index is 0.683. The highest BCUT2D eigenvalue weighted by Gasteiger charge is 2.00. The van der Waals surface area contributed by atoms with Gasteiger partial charge in [0.2, 0.25) is 0 Å². The largest absolute Gasteiger partial charge is 0.492 e. The minimum Gasteiger partial charge on any atom is -0.492 e. The maximum atomic E-state index is 5.75. The highest BCUT2D eigenvalue weighted by atomic mass is 79.9. The van der Waals surface area contributed by atoms with Crippen LogP contribution in [0, 0.1) is 6.92 Å². The molecular formula is C14H16BrNOS. The van der Waals surface area contributed by atoms with Crippen LogP contribution in [0.3, 0.4) is 0 Å². The van der Waals surface area contributed by atoms with Crippen LogP contribution in [0.1, 0.15) is 10.4 Å². The van der Waals surface area contributed by atoms with Crippen LogP contribution in [0.15, 0.2) is 40.2 Å². The van der Waals surface area contributed by atoms with Crippen LogP contribution in [0.4, 0.5) is 0 Å². The lowest BCUT2D eigenvalue weighted by Gasteiger charge is -2.10. The summed E-state index contributed by atoms with van der Waals surface area (Å²) in [5.74, 6) is 0.947. The van der Waals surface area contributed by atoms with Crippen LogP contribution in [0.2, 0.25) is 0 Å². The molecule has 0 amide bonds. The van der Waals surface area contributed by atoms with Gasteiger partial charge < -0.3 is 10.1 Å². The Kier molecular flexibility index (Phi) is 5.23. The molecule has 0 aliphatic carbocycles. The average molecular weight is 326 g/mol. The topological polar surface area (TPSA) is 21.3 Å². The molecule has 1 aromatic heterocycles. The molecule has 1 heterocycles. The molecule has 2 aromatic rings. The first-order valence-corrected chi connectivity index (χ1v) is 7.55. The second-order valence-corrected chi connectivity index (χ2v) is 5.96. The molecule has 1 aromatic carbocycles. The Morgan fingerprint density at radius 3 is 3.00 bits per heavy atom. The first kappa shape index (κ1) is 13.6. The third-order valence-electron chi connectivity index (χ3n) is 2.57. The normalized spacial score (nSPS) is 10.6. The second kappa shape index (κ2) is 6.92. The number of hydrogen-bond acceptors (Lipinski definition) is 3. The zero-order chi connectivity index (χ0) is 12.8. The van der Waals surface area contributed by atoms with Crippen molar-refractivity contribution in [1.29, 1.82) is 0 Å². The van der Waals surface area contributed by atoms with Gasteiger partial charge in [0.05, 0.1) is 0 Å². The number of aryl methyl sites for hydroxylation is 1. The van der Waals surface area contributed by atoms with Crippen molar-refractivity contribution in [3.05, 3.63) is 50.6 Å². The Morgan fingerprint density at radius 2 is 2.22 bits per heavy atom. The molecule has 2 nitrogen and oxygen atoms in total. The summed E-state index contributed by atoms with van der Waals surface area (Å²) < 4.78 is 6.80. The van der Waals surface area contributed by atoms with E-state index in [1.54, 1.807) is 11.3 Å². The van der Waals surface area contributed by atoms with E-state index in [4.69, 9.17) is 4.74 Å². The maximum Gasteiger partial charge on any atom is 0.123 e. The van der Waals surface area contributed by atoms with E-state index in [-0.39, 0.29) is 0 Å². The lowest BCUT2D eigenvalue weighted by atomic mass is 10.2. The van der Waals surface area contributed by atoms with Crippen molar-refractivity contribution in [2.75, 3.05) is 13.2 Å². The fraction of sp³-hybridized carbons (Fsp3) is 0.286. The fourth-order valence-corrected chi connectivity index (χ4v) is 2.60. The van der Waals surface area contributed by atoms with Gasteiger partial charge in [0.25, 0.3) is 0 Å².